The Morgan fingerprint density at radius 3 is 2.35 bits per heavy atom. The van der Waals surface area contributed by atoms with Crippen LogP contribution < -0.4 is 0 Å². The van der Waals surface area contributed by atoms with E-state index in [1.54, 1.807) is 6.07 Å². The van der Waals surface area contributed by atoms with E-state index in [-0.39, 0.29) is 6.61 Å². The van der Waals surface area contributed by atoms with Crippen LogP contribution in [0.15, 0.2) is 30.3 Å². The molecule has 0 amide bonds. The van der Waals surface area contributed by atoms with Crippen molar-refractivity contribution in [3.8, 4) is 0 Å². The molecule has 92 valence electrons. The summed E-state index contributed by atoms with van der Waals surface area (Å²) < 4.78 is 31.6. The van der Waals surface area contributed by atoms with Gasteiger partial charge in [-0.15, -0.1) is 0 Å². The van der Waals surface area contributed by atoms with Gasteiger partial charge in [-0.3, -0.25) is 9.59 Å². The molecule has 0 aliphatic rings. The summed E-state index contributed by atoms with van der Waals surface area (Å²) in [7, 11) is 0. The van der Waals surface area contributed by atoms with Crippen LogP contribution in [0, 0.1) is 0 Å². The molecule has 1 aromatic carbocycles. The van der Waals surface area contributed by atoms with Crippen LogP contribution in [-0.4, -0.2) is 18.4 Å². The maximum Gasteiger partial charge on any atom is 0.331 e. The second kappa shape index (κ2) is 5.52. The molecule has 0 bridgehead atoms. The highest BCUT2D eigenvalue weighted by Crippen LogP contribution is 2.29. The van der Waals surface area contributed by atoms with Crippen LogP contribution in [0.2, 0.25) is 0 Å². The second-order valence-corrected chi connectivity index (χ2v) is 3.35. The normalized spacial score (nSPS) is 11.0. The Hall–Kier alpha value is -1.78. The number of halogens is 2. The zero-order valence-electron chi connectivity index (χ0n) is 9.28. The largest absolute Gasteiger partial charge is 0.466 e. The van der Waals surface area contributed by atoms with E-state index in [1.807, 2.05) is 0 Å². The standard InChI is InChI=1S/C12H12F2O3/c1-2-17-11(16)8-10(15)12(13,14)9-6-4-3-5-7-9/h3-7H,2,8H2,1H3. The molecule has 0 unspecified atom stereocenters. The van der Waals surface area contributed by atoms with Gasteiger partial charge in [0.05, 0.1) is 6.61 Å². The summed E-state index contributed by atoms with van der Waals surface area (Å²) in [5.41, 5.74) is -0.422. The minimum absolute atomic E-state index is 0.0586. The Balaban J connectivity index is 2.77. The number of hydrogen-bond donors (Lipinski definition) is 0. The van der Waals surface area contributed by atoms with Gasteiger partial charge in [0.2, 0.25) is 5.78 Å². The molecule has 1 aromatic rings. The van der Waals surface area contributed by atoms with Gasteiger partial charge in [0.25, 0.3) is 0 Å². The van der Waals surface area contributed by atoms with Crippen molar-refractivity contribution in [2.45, 2.75) is 19.3 Å². The Labute approximate surface area is 97.4 Å². The molecule has 0 N–H and O–H groups in total. The third-order valence-corrected chi connectivity index (χ3v) is 2.10. The minimum Gasteiger partial charge on any atom is -0.466 e. The zero-order valence-corrected chi connectivity index (χ0v) is 9.28. The predicted molar refractivity (Wildman–Crippen MR) is 56.6 cm³/mol. The van der Waals surface area contributed by atoms with Gasteiger partial charge in [-0.2, -0.15) is 8.78 Å². The Bertz CT molecular complexity index is 401. The zero-order chi connectivity index (χ0) is 12.9. The van der Waals surface area contributed by atoms with E-state index in [0.717, 1.165) is 12.1 Å². The van der Waals surface area contributed by atoms with Crippen LogP contribution in [0.3, 0.4) is 0 Å². The van der Waals surface area contributed by atoms with Gasteiger partial charge in [0, 0.05) is 5.56 Å². The third kappa shape index (κ3) is 3.34. The molecular weight excluding hydrogens is 230 g/mol. The number of ether oxygens (including phenoxy) is 1. The van der Waals surface area contributed by atoms with Gasteiger partial charge < -0.3 is 4.74 Å². The van der Waals surface area contributed by atoms with E-state index in [0.29, 0.717) is 0 Å². The summed E-state index contributed by atoms with van der Waals surface area (Å²) in [6.45, 7) is 1.60. The first-order valence-electron chi connectivity index (χ1n) is 5.10. The number of hydrogen-bond acceptors (Lipinski definition) is 3. The molecule has 0 aliphatic heterocycles. The lowest BCUT2D eigenvalue weighted by Gasteiger charge is -2.14. The molecule has 0 radical (unpaired) electrons. The Morgan fingerprint density at radius 2 is 1.82 bits per heavy atom. The van der Waals surface area contributed by atoms with E-state index in [2.05, 4.69) is 4.74 Å². The topological polar surface area (TPSA) is 43.4 Å². The number of esters is 1. The monoisotopic (exact) mass is 242 g/mol. The molecule has 5 heteroatoms. The second-order valence-electron chi connectivity index (χ2n) is 3.35. The molecule has 0 heterocycles. The van der Waals surface area contributed by atoms with Crippen LogP contribution in [-0.2, 0) is 20.2 Å². The maximum absolute atomic E-state index is 13.6. The molecule has 3 nitrogen and oxygen atoms in total. The number of benzene rings is 1. The molecule has 17 heavy (non-hydrogen) atoms. The van der Waals surface area contributed by atoms with Crippen LogP contribution in [0.4, 0.5) is 8.78 Å². The molecule has 0 spiro atoms. The molecule has 1 rings (SSSR count). The first-order chi connectivity index (χ1) is 7.98. The molecule has 0 saturated heterocycles. The average molecular weight is 242 g/mol. The minimum atomic E-state index is -3.66. The molecule has 0 aromatic heterocycles. The molecule has 0 atom stereocenters. The average Bonchev–Trinajstić information content (AvgIpc) is 2.30. The summed E-state index contributed by atoms with van der Waals surface area (Å²) in [6, 6.07) is 6.66. The van der Waals surface area contributed by atoms with Gasteiger partial charge in [-0.25, -0.2) is 0 Å². The van der Waals surface area contributed by atoms with Crippen LogP contribution in [0.5, 0.6) is 0 Å². The number of rotatable bonds is 5. The number of carbonyl (C=O) groups is 2. The van der Waals surface area contributed by atoms with E-state index >= 15 is 0 Å². The summed E-state index contributed by atoms with van der Waals surface area (Å²) in [5.74, 6) is -6.05. The van der Waals surface area contributed by atoms with Crippen molar-refractivity contribution in [2.24, 2.45) is 0 Å². The van der Waals surface area contributed by atoms with Crippen molar-refractivity contribution >= 4 is 11.8 Å². The number of ketones is 1. The predicted octanol–water partition coefficient (Wildman–Crippen LogP) is 2.30. The first-order valence-corrected chi connectivity index (χ1v) is 5.10. The number of alkyl halides is 2. The molecular formula is C12H12F2O3. The van der Waals surface area contributed by atoms with Crippen LogP contribution in [0.25, 0.3) is 0 Å². The van der Waals surface area contributed by atoms with Crippen molar-refractivity contribution < 1.29 is 23.1 Å². The van der Waals surface area contributed by atoms with Crippen molar-refractivity contribution in [1.82, 2.24) is 0 Å². The summed E-state index contributed by atoms with van der Waals surface area (Å²) in [4.78, 5) is 22.3. The molecule has 0 fully saturated rings. The smallest absolute Gasteiger partial charge is 0.331 e. The van der Waals surface area contributed by atoms with Crippen molar-refractivity contribution in [1.29, 1.82) is 0 Å². The number of carbonyl (C=O) groups excluding carboxylic acids is 2. The first kappa shape index (κ1) is 13.3. The lowest BCUT2D eigenvalue weighted by atomic mass is 10.0. The van der Waals surface area contributed by atoms with Crippen molar-refractivity contribution in [2.75, 3.05) is 6.61 Å². The van der Waals surface area contributed by atoms with Gasteiger partial charge in [0.1, 0.15) is 6.42 Å². The lowest BCUT2D eigenvalue weighted by molar-refractivity contribution is -0.154. The van der Waals surface area contributed by atoms with E-state index in [1.165, 1.54) is 19.1 Å². The molecule has 0 aliphatic carbocycles. The SMILES string of the molecule is CCOC(=O)CC(=O)C(F)(F)c1ccccc1. The van der Waals surface area contributed by atoms with E-state index in [4.69, 9.17) is 0 Å². The van der Waals surface area contributed by atoms with Crippen molar-refractivity contribution in [3.63, 3.8) is 0 Å². The Kier molecular flexibility index (Phi) is 4.31. The lowest BCUT2D eigenvalue weighted by Crippen LogP contribution is -2.28. The van der Waals surface area contributed by atoms with Crippen LogP contribution in [0.1, 0.15) is 18.9 Å². The highest BCUT2D eigenvalue weighted by molar-refractivity contribution is 5.99. The highest BCUT2D eigenvalue weighted by Gasteiger charge is 2.41. The summed E-state index contributed by atoms with van der Waals surface area (Å²) >= 11 is 0. The third-order valence-electron chi connectivity index (χ3n) is 2.10. The van der Waals surface area contributed by atoms with Crippen LogP contribution >= 0.6 is 0 Å². The highest BCUT2D eigenvalue weighted by atomic mass is 19.3. The van der Waals surface area contributed by atoms with Gasteiger partial charge in [0.15, 0.2) is 0 Å². The number of Topliss-reactive ketones (excluding diaryl/α,β-unsaturated/α-hetero) is 1. The summed E-state index contributed by atoms with van der Waals surface area (Å²) in [6.07, 6.45) is -0.921. The maximum atomic E-state index is 13.6. The summed E-state index contributed by atoms with van der Waals surface area (Å²) in [5, 5.41) is 0. The quantitative estimate of drug-likeness (QED) is 0.587. The van der Waals surface area contributed by atoms with E-state index in [9.17, 15) is 18.4 Å². The van der Waals surface area contributed by atoms with Gasteiger partial charge in [-0.1, -0.05) is 30.3 Å². The van der Waals surface area contributed by atoms with Gasteiger partial charge >= 0.3 is 11.9 Å². The Morgan fingerprint density at radius 1 is 1.24 bits per heavy atom. The fourth-order valence-corrected chi connectivity index (χ4v) is 1.26. The molecule has 0 saturated carbocycles. The van der Waals surface area contributed by atoms with E-state index < -0.39 is 29.7 Å². The fraction of sp³-hybridized carbons (Fsp3) is 0.333. The fourth-order valence-electron chi connectivity index (χ4n) is 1.26. The van der Waals surface area contributed by atoms with Crippen molar-refractivity contribution in [3.05, 3.63) is 35.9 Å². The van der Waals surface area contributed by atoms with Gasteiger partial charge in [-0.05, 0) is 6.92 Å².